The Bertz CT molecular complexity index is 2130. The summed E-state index contributed by atoms with van der Waals surface area (Å²) in [5, 5.41) is 12.5. The molecule has 0 radical (unpaired) electrons. The van der Waals surface area contributed by atoms with Gasteiger partial charge in [0.25, 0.3) is 11.2 Å². The first-order valence-corrected chi connectivity index (χ1v) is 13.6. The van der Waals surface area contributed by atoms with Gasteiger partial charge in [-0.05, 0) is 47.9 Å². The first-order chi connectivity index (χ1) is 20.3. The molecule has 9 nitrogen and oxygen atoms in total. The molecule has 4 aromatic carbocycles. The van der Waals surface area contributed by atoms with Crippen LogP contribution in [0.2, 0.25) is 5.02 Å². The molecular formula is C32H23ClN4O5. The number of benzene rings is 4. The molecule has 208 valence electrons. The number of hydrogen-bond donors (Lipinski definition) is 1. The van der Waals surface area contributed by atoms with Gasteiger partial charge in [-0.25, -0.2) is 9.36 Å². The number of para-hydroxylation sites is 1. The van der Waals surface area contributed by atoms with Gasteiger partial charge in [-0.3, -0.25) is 19.7 Å². The summed E-state index contributed by atoms with van der Waals surface area (Å²) in [6.07, 6.45) is 0.525. The molecule has 0 aliphatic rings. The number of aromatic amines is 1. The highest BCUT2D eigenvalue weighted by molar-refractivity contribution is 6.31. The van der Waals surface area contributed by atoms with E-state index in [4.69, 9.17) is 11.6 Å². The van der Waals surface area contributed by atoms with Crippen LogP contribution < -0.4 is 11.2 Å². The maximum absolute atomic E-state index is 14.1. The number of ketones is 1. The fourth-order valence-electron chi connectivity index (χ4n) is 5.32. The van der Waals surface area contributed by atoms with Crippen molar-refractivity contribution in [1.29, 1.82) is 0 Å². The lowest BCUT2D eigenvalue weighted by Gasteiger charge is -2.13. The molecule has 0 atom stereocenters. The number of carbonyl (C=O) groups excluding carboxylic acids is 1. The van der Waals surface area contributed by atoms with E-state index < -0.39 is 16.2 Å². The van der Waals surface area contributed by atoms with Crippen molar-refractivity contribution in [1.82, 2.24) is 14.1 Å². The molecule has 42 heavy (non-hydrogen) atoms. The Morgan fingerprint density at radius 1 is 0.857 bits per heavy atom. The second kappa shape index (κ2) is 10.9. The zero-order valence-electron chi connectivity index (χ0n) is 22.1. The van der Waals surface area contributed by atoms with E-state index in [0.717, 1.165) is 10.1 Å². The molecule has 0 spiro atoms. The SMILES string of the molecule is O=C(CCc1ccccc1)c1c(-n2c(=O)[nH]c3ccccc3c2=O)c2cc(Cl)ccc2n1Cc1cccc([N+](=O)[O-])c1. The summed E-state index contributed by atoms with van der Waals surface area (Å²) >= 11 is 6.41. The number of hydrogen-bond acceptors (Lipinski definition) is 5. The minimum atomic E-state index is -0.704. The normalized spacial score (nSPS) is 11.3. The number of rotatable bonds is 8. The van der Waals surface area contributed by atoms with Gasteiger partial charge in [0.1, 0.15) is 5.69 Å². The lowest BCUT2D eigenvalue weighted by Crippen LogP contribution is -2.34. The van der Waals surface area contributed by atoms with E-state index in [1.54, 1.807) is 59.2 Å². The number of Topliss-reactive ketones (excluding diaryl/α,β-unsaturated/α-hetero) is 1. The number of H-pyrrole nitrogens is 1. The number of nitro groups is 1. The fraction of sp³-hybridized carbons (Fsp3) is 0.0938. The summed E-state index contributed by atoms with van der Waals surface area (Å²) in [5.74, 6) is -0.300. The number of fused-ring (bicyclic) bond motifs is 2. The predicted molar refractivity (Wildman–Crippen MR) is 162 cm³/mol. The lowest BCUT2D eigenvalue weighted by atomic mass is 10.0. The topological polar surface area (TPSA) is 120 Å². The van der Waals surface area contributed by atoms with Gasteiger partial charge in [0, 0.05) is 35.5 Å². The Morgan fingerprint density at radius 2 is 1.60 bits per heavy atom. The van der Waals surface area contributed by atoms with Crippen molar-refractivity contribution in [2.24, 2.45) is 0 Å². The van der Waals surface area contributed by atoms with Crippen LogP contribution in [0.15, 0.2) is 107 Å². The first-order valence-electron chi connectivity index (χ1n) is 13.2. The second-order valence-electron chi connectivity index (χ2n) is 9.90. The van der Waals surface area contributed by atoms with Crippen molar-refractivity contribution >= 4 is 44.9 Å². The molecule has 0 fully saturated rings. The summed E-state index contributed by atoms with van der Waals surface area (Å²) in [5.41, 5.74) is 1.32. The van der Waals surface area contributed by atoms with E-state index in [1.807, 2.05) is 30.3 Å². The van der Waals surface area contributed by atoms with E-state index in [1.165, 1.54) is 12.1 Å². The minimum Gasteiger partial charge on any atom is -0.332 e. The smallest absolute Gasteiger partial charge is 0.332 e. The summed E-state index contributed by atoms with van der Waals surface area (Å²) in [6.45, 7) is 0.0759. The molecule has 1 N–H and O–H groups in total. The summed E-state index contributed by atoms with van der Waals surface area (Å²) < 4.78 is 2.69. The molecule has 0 amide bonds. The number of carbonyl (C=O) groups is 1. The number of nitrogens with one attached hydrogen (secondary N) is 1. The zero-order chi connectivity index (χ0) is 29.4. The molecule has 0 aliphatic carbocycles. The van der Waals surface area contributed by atoms with Gasteiger partial charge in [-0.1, -0.05) is 66.2 Å². The van der Waals surface area contributed by atoms with Crippen molar-refractivity contribution in [2.75, 3.05) is 0 Å². The van der Waals surface area contributed by atoms with Gasteiger partial charge >= 0.3 is 5.69 Å². The standard InChI is InChI=1S/C32H23ClN4O5/c33-22-14-15-27-25(18-22)29(36-31(39)24-11-4-5-12-26(24)34-32(36)40)30(28(38)16-13-20-7-2-1-3-8-20)35(27)19-21-9-6-10-23(17-21)37(41)42/h1-12,14-15,17-18H,13,16,19H2,(H,34,40). The molecule has 0 unspecified atom stereocenters. The monoisotopic (exact) mass is 578 g/mol. The third-order valence-electron chi connectivity index (χ3n) is 7.24. The van der Waals surface area contributed by atoms with Crippen LogP contribution in [0.5, 0.6) is 0 Å². The first kappa shape index (κ1) is 26.9. The number of halogens is 1. The molecule has 0 saturated carbocycles. The van der Waals surface area contributed by atoms with Gasteiger partial charge in [-0.2, -0.15) is 0 Å². The molecule has 2 heterocycles. The molecule has 0 aliphatic heterocycles. The Kier molecular flexibility index (Phi) is 7.02. The Morgan fingerprint density at radius 3 is 2.38 bits per heavy atom. The third kappa shape index (κ3) is 4.90. The van der Waals surface area contributed by atoms with E-state index in [0.29, 0.717) is 33.4 Å². The molecule has 0 bridgehead atoms. The molecule has 2 aromatic heterocycles. The van der Waals surface area contributed by atoms with E-state index >= 15 is 0 Å². The van der Waals surface area contributed by atoms with E-state index in [2.05, 4.69) is 4.98 Å². The zero-order valence-corrected chi connectivity index (χ0v) is 22.9. The Hall–Kier alpha value is -5.28. The number of aryl methyl sites for hydroxylation is 1. The van der Waals surface area contributed by atoms with E-state index in [-0.39, 0.29) is 41.2 Å². The fourth-order valence-corrected chi connectivity index (χ4v) is 5.49. The highest BCUT2D eigenvalue weighted by Crippen LogP contribution is 2.33. The van der Waals surface area contributed by atoms with Crippen molar-refractivity contribution in [3.8, 4) is 5.69 Å². The van der Waals surface area contributed by atoms with Crippen LogP contribution in [-0.4, -0.2) is 24.8 Å². The summed E-state index contributed by atoms with van der Waals surface area (Å²) in [7, 11) is 0. The molecule has 10 heteroatoms. The van der Waals surface area contributed by atoms with Crippen molar-refractivity contribution in [3.05, 3.63) is 150 Å². The number of nitro benzene ring substituents is 1. The van der Waals surface area contributed by atoms with Gasteiger partial charge in [0.05, 0.1) is 27.0 Å². The second-order valence-corrected chi connectivity index (χ2v) is 10.3. The highest BCUT2D eigenvalue weighted by atomic mass is 35.5. The number of non-ortho nitro benzene ring substituents is 1. The molecule has 6 rings (SSSR count). The van der Waals surface area contributed by atoms with Crippen LogP contribution in [0.3, 0.4) is 0 Å². The van der Waals surface area contributed by atoms with Gasteiger partial charge < -0.3 is 9.55 Å². The minimum absolute atomic E-state index is 0.0759. The van der Waals surface area contributed by atoms with Gasteiger partial charge in [0.15, 0.2) is 5.78 Å². The van der Waals surface area contributed by atoms with Crippen LogP contribution in [0.1, 0.15) is 28.0 Å². The van der Waals surface area contributed by atoms with Gasteiger partial charge in [-0.15, -0.1) is 0 Å². The van der Waals surface area contributed by atoms with Gasteiger partial charge in [0.2, 0.25) is 0 Å². The summed E-state index contributed by atoms with van der Waals surface area (Å²) in [4.78, 5) is 55.2. The lowest BCUT2D eigenvalue weighted by molar-refractivity contribution is -0.384. The van der Waals surface area contributed by atoms with Crippen LogP contribution >= 0.6 is 11.6 Å². The maximum atomic E-state index is 14.1. The van der Waals surface area contributed by atoms with Crippen molar-refractivity contribution in [3.63, 3.8) is 0 Å². The molecule has 6 aromatic rings. The summed E-state index contributed by atoms with van der Waals surface area (Å²) in [6, 6.07) is 27.3. The number of nitrogens with zero attached hydrogens (tertiary/aromatic N) is 3. The maximum Gasteiger partial charge on any atom is 0.333 e. The quantitative estimate of drug-likeness (QED) is 0.134. The average molecular weight is 579 g/mol. The van der Waals surface area contributed by atoms with Crippen LogP contribution in [0.25, 0.3) is 27.5 Å². The highest BCUT2D eigenvalue weighted by Gasteiger charge is 2.27. The van der Waals surface area contributed by atoms with Crippen LogP contribution in [0.4, 0.5) is 5.69 Å². The van der Waals surface area contributed by atoms with E-state index in [9.17, 15) is 24.5 Å². The van der Waals surface area contributed by atoms with Crippen LogP contribution in [0, 0.1) is 10.1 Å². The molecule has 0 saturated heterocycles. The molecular weight excluding hydrogens is 556 g/mol. The predicted octanol–water partition coefficient (Wildman–Crippen LogP) is 6.06. The van der Waals surface area contributed by atoms with Crippen molar-refractivity contribution in [2.45, 2.75) is 19.4 Å². The Balaban J connectivity index is 1.63. The van der Waals surface area contributed by atoms with Crippen molar-refractivity contribution < 1.29 is 9.72 Å². The van der Waals surface area contributed by atoms with Crippen LogP contribution in [-0.2, 0) is 13.0 Å². The number of aromatic nitrogens is 3. The average Bonchev–Trinajstić information content (AvgIpc) is 3.29. The largest absolute Gasteiger partial charge is 0.333 e. The Labute approximate surface area is 243 Å². The third-order valence-corrected chi connectivity index (χ3v) is 7.47.